The van der Waals surface area contributed by atoms with Crippen LogP contribution in [0.25, 0.3) is 0 Å². The first-order valence-electron chi connectivity index (χ1n) is 6.78. The number of hydrogen-bond acceptors (Lipinski definition) is 2. The van der Waals surface area contributed by atoms with Gasteiger partial charge in [0.2, 0.25) is 0 Å². The lowest BCUT2D eigenvalue weighted by molar-refractivity contribution is -0.0781. The molecular weight excluding hydrogens is 198 g/mol. The summed E-state index contributed by atoms with van der Waals surface area (Å²) in [6.07, 6.45) is 6.51. The van der Waals surface area contributed by atoms with Crippen LogP contribution in [0.5, 0.6) is 0 Å². The molecule has 0 aromatic carbocycles. The predicted octanol–water partition coefficient (Wildman–Crippen LogP) is 3.10. The zero-order valence-electron chi connectivity index (χ0n) is 11.3. The number of ether oxygens (including phenoxy) is 1. The van der Waals surface area contributed by atoms with Gasteiger partial charge in [-0.05, 0) is 52.9 Å². The van der Waals surface area contributed by atoms with Gasteiger partial charge in [-0.1, -0.05) is 12.8 Å². The molecule has 0 amide bonds. The second-order valence-corrected chi connectivity index (χ2v) is 6.90. The van der Waals surface area contributed by atoms with Crippen molar-refractivity contribution in [2.24, 2.45) is 17.6 Å². The van der Waals surface area contributed by atoms with Gasteiger partial charge in [0.05, 0.1) is 11.2 Å². The van der Waals surface area contributed by atoms with Crippen LogP contribution in [0.2, 0.25) is 0 Å². The second-order valence-electron chi connectivity index (χ2n) is 6.90. The molecule has 94 valence electrons. The molecule has 2 heteroatoms. The van der Waals surface area contributed by atoms with Crippen LogP contribution in [0.3, 0.4) is 0 Å². The Morgan fingerprint density at radius 1 is 1.12 bits per heavy atom. The summed E-state index contributed by atoms with van der Waals surface area (Å²) in [5.74, 6) is 1.26. The molecule has 2 unspecified atom stereocenters. The van der Waals surface area contributed by atoms with Gasteiger partial charge >= 0.3 is 0 Å². The molecule has 1 saturated carbocycles. The van der Waals surface area contributed by atoms with E-state index < -0.39 is 0 Å². The molecule has 2 atom stereocenters. The van der Waals surface area contributed by atoms with Gasteiger partial charge in [-0.15, -0.1) is 0 Å². The molecule has 16 heavy (non-hydrogen) atoms. The summed E-state index contributed by atoms with van der Waals surface area (Å²) in [5.41, 5.74) is 6.46. The number of nitrogens with two attached hydrogens (primary N) is 1. The van der Waals surface area contributed by atoms with Gasteiger partial charge in [0.1, 0.15) is 0 Å². The van der Waals surface area contributed by atoms with E-state index in [1.54, 1.807) is 0 Å². The van der Waals surface area contributed by atoms with E-state index in [1.165, 1.54) is 25.7 Å². The van der Waals surface area contributed by atoms with E-state index in [4.69, 9.17) is 10.5 Å². The zero-order valence-corrected chi connectivity index (χ0v) is 11.3. The van der Waals surface area contributed by atoms with E-state index >= 15 is 0 Å². The third-order valence-electron chi connectivity index (χ3n) is 4.55. The summed E-state index contributed by atoms with van der Waals surface area (Å²) < 4.78 is 6.15. The van der Waals surface area contributed by atoms with Crippen molar-refractivity contribution < 1.29 is 4.74 Å². The highest BCUT2D eigenvalue weighted by atomic mass is 16.5. The van der Waals surface area contributed by atoms with Crippen molar-refractivity contribution in [2.75, 3.05) is 0 Å². The molecule has 1 saturated heterocycles. The van der Waals surface area contributed by atoms with E-state index in [9.17, 15) is 0 Å². The fourth-order valence-electron chi connectivity index (χ4n) is 3.88. The van der Waals surface area contributed by atoms with Gasteiger partial charge < -0.3 is 10.5 Å². The fraction of sp³-hybridized carbons (Fsp3) is 1.00. The number of hydrogen-bond donors (Lipinski definition) is 1. The van der Waals surface area contributed by atoms with Crippen molar-refractivity contribution in [2.45, 2.75) is 77.0 Å². The topological polar surface area (TPSA) is 35.2 Å². The summed E-state index contributed by atoms with van der Waals surface area (Å²) in [7, 11) is 0. The van der Waals surface area contributed by atoms with Crippen LogP contribution in [-0.2, 0) is 4.74 Å². The van der Waals surface area contributed by atoms with Gasteiger partial charge in [-0.2, -0.15) is 0 Å². The lowest BCUT2D eigenvalue weighted by Crippen LogP contribution is -2.44. The minimum Gasteiger partial charge on any atom is -0.369 e. The standard InChI is InChI=1S/C14H27NO/c1-13(2)9-11(14(3,4)16-13)12(15)10-7-5-6-8-10/h10-12H,5-9,15H2,1-4H3. The van der Waals surface area contributed by atoms with Crippen molar-refractivity contribution in [1.82, 2.24) is 0 Å². The first-order valence-corrected chi connectivity index (χ1v) is 6.78. The molecule has 2 rings (SSSR count). The van der Waals surface area contributed by atoms with Gasteiger partial charge in [0, 0.05) is 12.0 Å². The smallest absolute Gasteiger partial charge is 0.0677 e. The van der Waals surface area contributed by atoms with Gasteiger partial charge in [0.25, 0.3) is 0 Å². The van der Waals surface area contributed by atoms with Crippen molar-refractivity contribution in [3.05, 3.63) is 0 Å². The molecule has 1 aliphatic heterocycles. The van der Waals surface area contributed by atoms with Crippen LogP contribution in [0, 0.1) is 11.8 Å². The maximum absolute atomic E-state index is 6.50. The third kappa shape index (κ3) is 2.28. The maximum Gasteiger partial charge on any atom is 0.0677 e. The highest BCUT2D eigenvalue weighted by molar-refractivity contribution is 5.00. The minimum absolute atomic E-state index is 0.00436. The van der Waals surface area contributed by atoms with Crippen LogP contribution in [-0.4, -0.2) is 17.2 Å². The molecule has 2 N–H and O–H groups in total. The molecular formula is C14H27NO. The lowest BCUT2D eigenvalue weighted by Gasteiger charge is -2.33. The molecule has 1 heterocycles. The largest absolute Gasteiger partial charge is 0.369 e. The SMILES string of the molecule is CC1(C)CC(C(N)C2CCCC2)C(C)(C)O1. The average molecular weight is 225 g/mol. The molecule has 0 bridgehead atoms. The lowest BCUT2D eigenvalue weighted by atomic mass is 9.76. The number of rotatable bonds is 2. The maximum atomic E-state index is 6.50. The van der Waals surface area contributed by atoms with Crippen molar-refractivity contribution in [3.63, 3.8) is 0 Å². The Labute approximate surface area is 99.9 Å². The van der Waals surface area contributed by atoms with Gasteiger partial charge in [-0.3, -0.25) is 0 Å². The minimum atomic E-state index is -0.0501. The van der Waals surface area contributed by atoms with E-state index in [0.29, 0.717) is 12.0 Å². The molecule has 0 radical (unpaired) electrons. The van der Waals surface area contributed by atoms with Crippen molar-refractivity contribution >= 4 is 0 Å². The summed E-state index contributed by atoms with van der Waals surface area (Å²) in [4.78, 5) is 0. The quantitative estimate of drug-likeness (QED) is 0.783. The van der Waals surface area contributed by atoms with Crippen molar-refractivity contribution in [3.8, 4) is 0 Å². The Hall–Kier alpha value is -0.0800. The van der Waals surface area contributed by atoms with E-state index in [-0.39, 0.29) is 11.2 Å². The Morgan fingerprint density at radius 3 is 2.12 bits per heavy atom. The molecule has 0 aromatic heterocycles. The first-order chi connectivity index (χ1) is 7.32. The molecule has 0 aromatic rings. The van der Waals surface area contributed by atoms with Crippen LogP contribution >= 0.6 is 0 Å². The molecule has 2 nitrogen and oxygen atoms in total. The fourth-order valence-corrected chi connectivity index (χ4v) is 3.88. The summed E-state index contributed by atoms with van der Waals surface area (Å²) >= 11 is 0. The van der Waals surface area contributed by atoms with Crippen LogP contribution in [0.15, 0.2) is 0 Å². The van der Waals surface area contributed by atoms with Crippen LogP contribution in [0.1, 0.15) is 59.8 Å². The normalized spacial score (nSPS) is 35.4. The Bertz CT molecular complexity index is 253. The molecule has 1 aliphatic carbocycles. The van der Waals surface area contributed by atoms with Gasteiger partial charge in [-0.25, -0.2) is 0 Å². The Morgan fingerprint density at radius 2 is 1.69 bits per heavy atom. The summed E-state index contributed by atoms with van der Waals surface area (Å²) in [6.45, 7) is 8.80. The van der Waals surface area contributed by atoms with E-state index in [0.717, 1.165) is 12.3 Å². The summed E-state index contributed by atoms with van der Waals surface area (Å²) in [6, 6.07) is 0.333. The molecule has 0 spiro atoms. The Kier molecular flexibility index (Phi) is 3.09. The predicted molar refractivity (Wildman–Crippen MR) is 67.3 cm³/mol. The zero-order chi connectivity index (χ0) is 12.0. The third-order valence-corrected chi connectivity index (χ3v) is 4.55. The van der Waals surface area contributed by atoms with Crippen molar-refractivity contribution in [1.29, 1.82) is 0 Å². The van der Waals surface area contributed by atoms with Gasteiger partial charge in [0.15, 0.2) is 0 Å². The average Bonchev–Trinajstić information content (AvgIpc) is 2.69. The molecule has 2 fully saturated rings. The van der Waals surface area contributed by atoms with Crippen LogP contribution < -0.4 is 5.73 Å². The Balaban J connectivity index is 2.08. The van der Waals surface area contributed by atoms with E-state index in [2.05, 4.69) is 27.7 Å². The summed E-state index contributed by atoms with van der Waals surface area (Å²) in [5, 5.41) is 0. The highest BCUT2D eigenvalue weighted by Gasteiger charge is 2.49. The monoisotopic (exact) mass is 225 g/mol. The first kappa shape index (κ1) is 12.4. The van der Waals surface area contributed by atoms with Crippen LogP contribution in [0.4, 0.5) is 0 Å². The second kappa shape index (κ2) is 3.99. The van der Waals surface area contributed by atoms with E-state index in [1.807, 2.05) is 0 Å². The highest BCUT2D eigenvalue weighted by Crippen LogP contribution is 2.46. The molecule has 2 aliphatic rings.